The summed E-state index contributed by atoms with van der Waals surface area (Å²) in [5, 5.41) is 2.99. The lowest BCUT2D eigenvalue weighted by Crippen LogP contribution is -2.45. The van der Waals surface area contributed by atoms with E-state index in [0.29, 0.717) is 13.0 Å². The molecule has 0 heterocycles. The Balaban J connectivity index is 2.37. The molecule has 0 saturated heterocycles. The monoisotopic (exact) mass is 361 g/mol. The zero-order valence-electron chi connectivity index (χ0n) is 16.4. The maximum Gasteiger partial charge on any atom is 0.220 e. The minimum absolute atomic E-state index is 0.0178. The summed E-state index contributed by atoms with van der Waals surface area (Å²) >= 11 is 0. The van der Waals surface area contributed by atoms with Gasteiger partial charge in [-0.15, -0.1) is 0 Å². The molecule has 0 radical (unpaired) electrons. The first-order valence-corrected chi connectivity index (χ1v) is 9.81. The summed E-state index contributed by atoms with van der Waals surface area (Å²) in [5.74, 6) is -0.362. The molecule has 3 N–H and O–H groups in total. The Bertz CT molecular complexity index is 519. The van der Waals surface area contributed by atoms with Gasteiger partial charge in [-0.1, -0.05) is 62.9 Å². The first kappa shape index (κ1) is 22.2. The highest BCUT2D eigenvalue weighted by molar-refractivity contribution is 5.78. The highest BCUT2D eigenvalue weighted by Gasteiger charge is 2.17. The predicted octanol–water partition coefficient (Wildman–Crippen LogP) is 2.88. The molecule has 0 aliphatic carbocycles. The average molecular weight is 362 g/mol. The average Bonchev–Trinajstić information content (AvgIpc) is 2.60. The summed E-state index contributed by atoms with van der Waals surface area (Å²) in [6.07, 6.45) is 7.21. The number of rotatable bonds is 14. The van der Waals surface area contributed by atoms with Crippen LogP contribution in [0.25, 0.3) is 0 Å². The van der Waals surface area contributed by atoms with Gasteiger partial charge in [0.05, 0.1) is 6.04 Å². The number of hydrogen-bond donors (Lipinski definition) is 2. The minimum atomic E-state index is -0.380. The molecule has 2 amide bonds. The molecule has 0 spiro atoms. The van der Waals surface area contributed by atoms with E-state index in [-0.39, 0.29) is 24.3 Å². The SMILES string of the molecule is CCCCCCCC(=O)N[C@H](CC(N)=O)CN(C)CCc1ccccc1. The molecule has 0 fully saturated rings. The van der Waals surface area contributed by atoms with Crippen molar-refractivity contribution in [2.75, 3.05) is 20.1 Å². The largest absolute Gasteiger partial charge is 0.370 e. The van der Waals surface area contributed by atoms with Crippen LogP contribution in [-0.4, -0.2) is 42.9 Å². The number of carbonyl (C=O) groups is 2. The second-order valence-electron chi connectivity index (χ2n) is 7.10. The van der Waals surface area contributed by atoms with Crippen molar-refractivity contribution in [3.05, 3.63) is 35.9 Å². The van der Waals surface area contributed by atoms with Crippen LogP contribution in [0.1, 0.15) is 57.4 Å². The number of hydrogen-bond acceptors (Lipinski definition) is 3. The number of amides is 2. The molecule has 1 atom stereocenters. The molecule has 0 saturated carbocycles. The Morgan fingerprint density at radius 3 is 2.46 bits per heavy atom. The fourth-order valence-corrected chi connectivity index (χ4v) is 3.03. The first-order chi connectivity index (χ1) is 12.5. The molecule has 146 valence electrons. The summed E-state index contributed by atoms with van der Waals surface area (Å²) in [6, 6.07) is 10.1. The minimum Gasteiger partial charge on any atom is -0.370 e. The van der Waals surface area contributed by atoms with Gasteiger partial charge in [-0.05, 0) is 25.5 Å². The van der Waals surface area contributed by atoms with Crippen LogP contribution in [0.2, 0.25) is 0 Å². The van der Waals surface area contributed by atoms with Crippen molar-refractivity contribution < 1.29 is 9.59 Å². The van der Waals surface area contributed by atoms with Crippen molar-refractivity contribution >= 4 is 11.8 Å². The fraction of sp³-hybridized carbons (Fsp3) is 0.619. The van der Waals surface area contributed by atoms with Gasteiger partial charge in [-0.3, -0.25) is 9.59 Å². The Kier molecular flexibility index (Phi) is 11.4. The van der Waals surface area contributed by atoms with Crippen LogP contribution >= 0.6 is 0 Å². The lowest BCUT2D eigenvalue weighted by molar-refractivity contribution is -0.122. The molecule has 1 aromatic rings. The van der Waals surface area contributed by atoms with E-state index in [1.165, 1.54) is 24.8 Å². The molecule has 0 unspecified atom stereocenters. The number of likely N-dealkylation sites (N-methyl/N-ethyl adjacent to an activating group) is 1. The van der Waals surface area contributed by atoms with Crippen LogP contribution in [0.3, 0.4) is 0 Å². The molecular formula is C21H35N3O2. The van der Waals surface area contributed by atoms with Gasteiger partial charge in [-0.25, -0.2) is 0 Å². The van der Waals surface area contributed by atoms with Crippen LogP contribution in [0, 0.1) is 0 Å². The molecule has 1 rings (SSSR count). The third kappa shape index (κ3) is 10.9. The van der Waals surface area contributed by atoms with Gasteiger partial charge in [0, 0.05) is 25.9 Å². The summed E-state index contributed by atoms with van der Waals surface area (Å²) in [7, 11) is 2.01. The number of benzene rings is 1. The third-order valence-electron chi connectivity index (χ3n) is 4.48. The molecule has 26 heavy (non-hydrogen) atoms. The van der Waals surface area contributed by atoms with Gasteiger partial charge < -0.3 is 16.0 Å². The number of nitrogens with two attached hydrogens (primary N) is 1. The third-order valence-corrected chi connectivity index (χ3v) is 4.48. The first-order valence-electron chi connectivity index (χ1n) is 9.81. The zero-order chi connectivity index (χ0) is 19.2. The maximum absolute atomic E-state index is 12.1. The number of nitrogens with one attached hydrogen (secondary N) is 1. The van der Waals surface area contributed by atoms with Crippen molar-refractivity contribution in [2.24, 2.45) is 5.73 Å². The van der Waals surface area contributed by atoms with Crippen LogP contribution in [0.5, 0.6) is 0 Å². The number of nitrogens with zero attached hydrogens (tertiary/aromatic N) is 1. The summed E-state index contributed by atoms with van der Waals surface area (Å²) < 4.78 is 0. The number of primary amides is 1. The molecule has 5 heteroatoms. The van der Waals surface area contributed by atoms with Gasteiger partial charge in [0.15, 0.2) is 0 Å². The Hall–Kier alpha value is -1.88. The Labute approximate surface area is 158 Å². The van der Waals surface area contributed by atoms with Gasteiger partial charge >= 0.3 is 0 Å². The topological polar surface area (TPSA) is 75.4 Å². The standard InChI is InChI=1S/C21H35N3O2/c1-3-4-5-6-10-13-21(26)23-19(16-20(22)25)17-24(2)15-14-18-11-8-7-9-12-18/h7-9,11-12,19H,3-6,10,13-17H2,1-2H3,(H2,22,25)(H,23,26)/t19-/m1/s1. The van der Waals surface area contributed by atoms with Crippen LogP contribution in [-0.2, 0) is 16.0 Å². The lowest BCUT2D eigenvalue weighted by atomic mass is 10.1. The molecule has 5 nitrogen and oxygen atoms in total. The molecule has 1 aromatic carbocycles. The van der Waals surface area contributed by atoms with E-state index in [1.54, 1.807) is 0 Å². The fourth-order valence-electron chi connectivity index (χ4n) is 3.03. The highest BCUT2D eigenvalue weighted by Crippen LogP contribution is 2.06. The Morgan fingerprint density at radius 1 is 1.12 bits per heavy atom. The van der Waals surface area contributed by atoms with Crippen LogP contribution < -0.4 is 11.1 Å². The molecule has 0 aliphatic heterocycles. The maximum atomic E-state index is 12.1. The van der Waals surface area contributed by atoms with Crippen LogP contribution in [0.15, 0.2) is 30.3 Å². The summed E-state index contributed by atoms with van der Waals surface area (Å²) in [4.78, 5) is 25.6. The van der Waals surface area contributed by atoms with E-state index >= 15 is 0 Å². The van der Waals surface area contributed by atoms with Crippen molar-refractivity contribution in [2.45, 2.75) is 64.3 Å². The van der Waals surface area contributed by atoms with Gasteiger partial charge in [0.25, 0.3) is 0 Å². The summed E-state index contributed by atoms with van der Waals surface area (Å²) in [5.41, 5.74) is 6.64. The van der Waals surface area contributed by atoms with E-state index < -0.39 is 0 Å². The molecule has 0 aromatic heterocycles. The van der Waals surface area contributed by atoms with Crippen LogP contribution in [0.4, 0.5) is 0 Å². The van der Waals surface area contributed by atoms with Gasteiger partial charge in [0.2, 0.25) is 11.8 Å². The van der Waals surface area contributed by atoms with Gasteiger partial charge in [-0.2, -0.15) is 0 Å². The van der Waals surface area contributed by atoms with E-state index in [1.807, 2.05) is 25.2 Å². The number of unbranched alkanes of at least 4 members (excludes halogenated alkanes) is 4. The van der Waals surface area contributed by atoms with Crippen molar-refractivity contribution in [1.82, 2.24) is 10.2 Å². The summed E-state index contributed by atoms with van der Waals surface area (Å²) in [6.45, 7) is 3.67. The second kappa shape index (κ2) is 13.3. The number of carbonyl (C=O) groups excluding carboxylic acids is 2. The highest BCUT2D eigenvalue weighted by atomic mass is 16.2. The Morgan fingerprint density at radius 2 is 1.81 bits per heavy atom. The van der Waals surface area contributed by atoms with E-state index in [9.17, 15) is 9.59 Å². The van der Waals surface area contributed by atoms with E-state index in [0.717, 1.165) is 25.8 Å². The smallest absolute Gasteiger partial charge is 0.220 e. The molecular weight excluding hydrogens is 326 g/mol. The normalized spacial score (nSPS) is 12.1. The second-order valence-corrected chi connectivity index (χ2v) is 7.10. The molecule has 0 bridgehead atoms. The van der Waals surface area contributed by atoms with Crippen molar-refractivity contribution in [3.8, 4) is 0 Å². The lowest BCUT2D eigenvalue weighted by Gasteiger charge is -2.24. The quantitative estimate of drug-likeness (QED) is 0.500. The van der Waals surface area contributed by atoms with E-state index in [4.69, 9.17) is 5.73 Å². The molecule has 0 aliphatic rings. The van der Waals surface area contributed by atoms with E-state index in [2.05, 4.69) is 29.3 Å². The van der Waals surface area contributed by atoms with Gasteiger partial charge in [0.1, 0.15) is 0 Å². The predicted molar refractivity (Wildman–Crippen MR) is 107 cm³/mol. The van der Waals surface area contributed by atoms with Crippen molar-refractivity contribution in [1.29, 1.82) is 0 Å². The zero-order valence-corrected chi connectivity index (χ0v) is 16.4. The van der Waals surface area contributed by atoms with Crippen molar-refractivity contribution in [3.63, 3.8) is 0 Å².